The minimum Gasteiger partial charge on any atom is -0.492 e. The maximum atomic E-state index is 13.5. The molecule has 3 saturated heterocycles. The van der Waals surface area contributed by atoms with Crippen LogP contribution in [0.2, 0.25) is 0 Å². The van der Waals surface area contributed by atoms with E-state index in [0.29, 0.717) is 17.9 Å². The number of aliphatic hydroxyl groups is 1. The van der Waals surface area contributed by atoms with E-state index in [1.807, 2.05) is 12.1 Å². The third-order valence-electron chi connectivity index (χ3n) is 8.41. The number of amides is 2. The predicted octanol–water partition coefficient (Wildman–Crippen LogP) is -0.554. The van der Waals surface area contributed by atoms with Crippen LogP contribution in [0.4, 0.5) is 0 Å². The zero-order chi connectivity index (χ0) is 28.2. The van der Waals surface area contributed by atoms with Gasteiger partial charge in [0.05, 0.1) is 30.3 Å². The molecule has 2 amide bonds. The van der Waals surface area contributed by atoms with Gasteiger partial charge in [-0.05, 0) is 30.0 Å². The molecule has 3 unspecified atom stereocenters. The van der Waals surface area contributed by atoms with Crippen molar-refractivity contribution in [2.75, 3.05) is 19.7 Å². The number of aliphatic hydroxyl groups excluding tert-OH is 1. The van der Waals surface area contributed by atoms with Crippen LogP contribution in [0.25, 0.3) is 0 Å². The van der Waals surface area contributed by atoms with Crippen molar-refractivity contribution in [2.24, 2.45) is 0 Å². The van der Waals surface area contributed by atoms with Crippen LogP contribution in [0.5, 0.6) is 5.75 Å². The Balaban J connectivity index is 1.23. The van der Waals surface area contributed by atoms with Gasteiger partial charge in [0.15, 0.2) is 17.6 Å². The van der Waals surface area contributed by atoms with Crippen molar-refractivity contribution >= 4 is 23.7 Å². The lowest BCUT2D eigenvalue weighted by atomic mass is 9.79. The minimum absolute atomic E-state index is 0.00954. The van der Waals surface area contributed by atoms with Crippen LogP contribution in [0.3, 0.4) is 0 Å². The largest absolute Gasteiger partial charge is 0.492 e. The smallest absolute Gasteiger partial charge is 0.269 e. The van der Waals surface area contributed by atoms with Crippen molar-refractivity contribution in [3.8, 4) is 5.75 Å². The summed E-state index contributed by atoms with van der Waals surface area (Å²) < 4.78 is 5.92. The molecule has 1 aromatic heterocycles. The van der Waals surface area contributed by atoms with Gasteiger partial charge < -0.3 is 41.3 Å². The zero-order valence-corrected chi connectivity index (χ0v) is 22.2. The third kappa shape index (κ3) is 3.99. The maximum Gasteiger partial charge on any atom is 0.269 e. The second kappa shape index (κ2) is 9.37. The summed E-state index contributed by atoms with van der Waals surface area (Å²) in [6.45, 7) is 4.98. The van der Waals surface area contributed by atoms with Crippen LogP contribution in [-0.4, -0.2) is 88.3 Å². The highest BCUT2D eigenvalue weighted by molar-refractivity contribution is 5.98. The molecule has 0 bridgehead atoms. The fourth-order valence-corrected chi connectivity index (χ4v) is 6.28. The predicted molar refractivity (Wildman–Crippen MR) is 145 cm³/mol. The van der Waals surface area contributed by atoms with Crippen molar-refractivity contribution in [2.45, 2.75) is 55.6 Å². The van der Waals surface area contributed by atoms with Crippen molar-refractivity contribution in [3.05, 3.63) is 59.4 Å². The standard InChI is InChI=1S/C27H33N9O4/c1-26(2)9-11-40-19-14(6-5-7-15(19)26)22(38)32-18-13-36-25(29)33-17(12-31-23(39)16-8-3-4-10-30-16)20-27(36,21(18)37)35-24(28)34-20/h3-8,10,17-18,20-21,37H,9,11-13H2,1-2H3,(H2,29,33)(H,31,39)(H,32,38)(H3,28,34,35)/t17-,18?,20?,21+,27?/m0/s1. The van der Waals surface area contributed by atoms with Crippen molar-refractivity contribution in [3.63, 3.8) is 0 Å². The third-order valence-corrected chi connectivity index (χ3v) is 8.41. The number of benzene rings is 1. The number of carbonyl (C=O) groups is 2. The van der Waals surface area contributed by atoms with E-state index in [9.17, 15) is 14.7 Å². The molecule has 5 atom stereocenters. The van der Waals surface area contributed by atoms with Gasteiger partial charge >= 0.3 is 0 Å². The summed E-state index contributed by atoms with van der Waals surface area (Å²) in [6.07, 6.45) is 1.18. The molecular weight excluding hydrogens is 514 g/mol. The average molecular weight is 548 g/mol. The molecule has 3 fully saturated rings. The van der Waals surface area contributed by atoms with Gasteiger partial charge in [0.25, 0.3) is 11.8 Å². The Morgan fingerprint density at radius 3 is 2.77 bits per heavy atom. The van der Waals surface area contributed by atoms with Gasteiger partial charge in [-0.1, -0.05) is 32.0 Å². The first kappa shape index (κ1) is 25.9. The Kier molecular flexibility index (Phi) is 6.06. The number of pyridine rings is 1. The Morgan fingerprint density at radius 1 is 1.18 bits per heavy atom. The van der Waals surface area contributed by atoms with Crippen LogP contribution < -0.4 is 31.3 Å². The molecule has 0 radical (unpaired) electrons. The number of fused-ring (bicyclic) bond motifs is 1. The van der Waals surface area contributed by atoms with Gasteiger partial charge in [-0.3, -0.25) is 25.4 Å². The molecule has 40 heavy (non-hydrogen) atoms. The number of ether oxygens (including phenoxy) is 1. The van der Waals surface area contributed by atoms with E-state index in [1.165, 1.54) is 6.20 Å². The molecule has 4 aliphatic rings. The van der Waals surface area contributed by atoms with E-state index in [-0.39, 0.29) is 47.9 Å². The molecule has 2 aromatic rings. The van der Waals surface area contributed by atoms with Crippen molar-refractivity contribution in [1.82, 2.24) is 36.5 Å². The normalized spacial score (nSPS) is 29.5. The minimum atomic E-state index is -1.29. The van der Waals surface area contributed by atoms with Crippen molar-refractivity contribution < 1.29 is 19.4 Å². The highest BCUT2D eigenvalue weighted by Crippen LogP contribution is 2.41. The van der Waals surface area contributed by atoms with Crippen molar-refractivity contribution in [1.29, 1.82) is 10.8 Å². The Hall–Kier alpha value is -4.39. The molecule has 1 spiro atoms. The van der Waals surface area contributed by atoms with Gasteiger partial charge in [0.2, 0.25) is 0 Å². The quantitative estimate of drug-likeness (QED) is 0.243. The first-order valence-electron chi connectivity index (χ1n) is 13.3. The molecule has 4 aliphatic heterocycles. The lowest BCUT2D eigenvalue weighted by molar-refractivity contribution is 0.00611. The summed E-state index contributed by atoms with van der Waals surface area (Å²) >= 11 is 0. The molecule has 8 N–H and O–H groups in total. The average Bonchev–Trinajstić information content (AvgIpc) is 3.43. The van der Waals surface area contributed by atoms with Gasteiger partial charge in [-0.25, -0.2) is 0 Å². The summed E-state index contributed by atoms with van der Waals surface area (Å²) in [5.74, 6) is -0.217. The fraction of sp³-hybridized carbons (Fsp3) is 0.444. The molecular formula is C27H33N9O4. The van der Waals surface area contributed by atoms with E-state index in [2.05, 4.69) is 45.4 Å². The highest BCUT2D eigenvalue weighted by Gasteiger charge is 2.66. The number of hydrogen-bond acceptors (Lipinski definition) is 7. The maximum absolute atomic E-state index is 13.5. The fourth-order valence-electron chi connectivity index (χ4n) is 6.28. The summed E-state index contributed by atoms with van der Waals surface area (Å²) in [6, 6.07) is 8.64. The number of guanidine groups is 2. The van der Waals surface area contributed by atoms with E-state index in [0.717, 1.165) is 12.0 Å². The van der Waals surface area contributed by atoms with Gasteiger partial charge in [-0.2, -0.15) is 0 Å². The number of carbonyl (C=O) groups excluding carboxylic acids is 2. The monoisotopic (exact) mass is 547 g/mol. The van der Waals surface area contributed by atoms with E-state index < -0.39 is 29.9 Å². The lowest BCUT2D eigenvalue weighted by Gasteiger charge is -2.49. The molecule has 0 saturated carbocycles. The number of para-hydroxylation sites is 1. The second-order valence-corrected chi connectivity index (χ2v) is 11.3. The SMILES string of the molecule is CC1(C)CCOc2c(C(=O)NC3CN4C(=N)N[C@@H](CNC(=O)c5ccccn5)C5NC(=N)NC54[C@@H]3O)cccc21. The molecule has 6 rings (SSSR count). The van der Waals surface area contributed by atoms with E-state index in [1.54, 1.807) is 29.2 Å². The Bertz CT molecular complexity index is 1380. The summed E-state index contributed by atoms with van der Waals surface area (Å²) in [7, 11) is 0. The molecule has 5 heterocycles. The molecule has 13 heteroatoms. The number of rotatable bonds is 5. The number of hydrogen-bond donors (Lipinski definition) is 8. The number of nitrogens with one attached hydrogen (secondary N) is 7. The van der Waals surface area contributed by atoms with Gasteiger partial charge in [0, 0.05) is 24.8 Å². The molecule has 13 nitrogen and oxygen atoms in total. The second-order valence-electron chi connectivity index (χ2n) is 11.3. The van der Waals surface area contributed by atoms with Gasteiger partial charge in [0.1, 0.15) is 17.5 Å². The molecule has 1 aromatic carbocycles. The first-order valence-corrected chi connectivity index (χ1v) is 13.3. The Morgan fingerprint density at radius 2 is 2.00 bits per heavy atom. The van der Waals surface area contributed by atoms with Crippen LogP contribution >= 0.6 is 0 Å². The summed E-state index contributed by atoms with van der Waals surface area (Å²) in [5, 5.41) is 43.6. The first-order chi connectivity index (χ1) is 19.1. The van der Waals surface area contributed by atoms with Crippen LogP contribution in [-0.2, 0) is 5.41 Å². The zero-order valence-electron chi connectivity index (χ0n) is 22.2. The molecule has 210 valence electrons. The Labute approximate surface area is 231 Å². The number of aromatic nitrogens is 1. The van der Waals surface area contributed by atoms with Gasteiger partial charge in [-0.15, -0.1) is 0 Å². The van der Waals surface area contributed by atoms with E-state index in [4.69, 9.17) is 15.6 Å². The molecule has 0 aliphatic carbocycles. The van der Waals surface area contributed by atoms with Crippen LogP contribution in [0.15, 0.2) is 42.6 Å². The van der Waals surface area contributed by atoms with Crippen LogP contribution in [0, 0.1) is 10.8 Å². The van der Waals surface area contributed by atoms with E-state index >= 15 is 0 Å². The van der Waals surface area contributed by atoms with Crippen LogP contribution in [0.1, 0.15) is 46.7 Å². The highest BCUT2D eigenvalue weighted by atomic mass is 16.5. The summed E-state index contributed by atoms with van der Waals surface area (Å²) in [4.78, 5) is 31.8. The lowest BCUT2D eigenvalue weighted by Crippen LogP contribution is -2.78. The summed E-state index contributed by atoms with van der Waals surface area (Å²) in [5.41, 5.74) is 0.197. The number of nitrogens with zero attached hydrogens (tertiary/aromatic N) is 2. The topological polar surface area (TPSA) is 188 Å².